The Balaban J connectivity index is 1.85. The number of rotatable bonds is 6. The Morgan fingerprint density at radius 2 is 1.81 bits per heavy atom. The van der Waals surface area contributed by atoms with Crippen molar-refractivity contribution in [1.82, 2.24) is 0 Å². The van der Waals surface area contributed by atoms with Crippen molar-refractivity contribution >= 4 is 11.9 Å². The third-order valence-electron chi connectivity index (χ3n) is 4.89. The summed E-state index contributed by atoms with van der Waals surface area (Å²) < 4.78 is 21.8. The Bertz CT molecular complexity index is 944. The summed E-state index contributed by atoms with van der Waals surface area (Å²) in [6.07, 6.45) is 0.851. The molecule has 0 unspecified atom stereocenters. The van der Waals surface area contributed by atoms with Crippen LogP contribution in [0.5, 0.6) is 17.2 Å². The van der Waals surface area contributed by atoms with Crippen LogP contribution >= 0.6 is 0 Å². The Labute approximate surface area is 155 Å². The normalized spacial score (nSPS) is 16.3. The van der Waals surface area contributed by atoms with Gasteiger partial charge in [0.1, 0.15) is 6.61 Å². The van der Waals surface area contributed by atoms with E-state index in [1.54, 1.807) is 24.3 Å². The summed E-state index contributed by atoms with van der Waals surface area (Å²) in [4.78, 5) is 23.3. The van der Waals surface area contributed by atoms with Crippen LogP contribution in [0.2, 0.25) is 0 Å². The maximum Gasteiger partial charge on any atom is 0.348 e. The summed E-state index contributed by atoms with van der Waals surface area (Å²) in [6, 6.07) is 8.84. The number of benzene rings is 2. The summed E-state index contributed by atoms with van der Waals surface area (Å²) >= 11 is 0. The van der Waals surface area contributed by atoms with Gasteiger partial charge in [0.15, 0.2) is 11.5 Å². The van der Waals surface area contributed by atoms with Gasteiger partial charge in [0.05, 0.1) is 19.8 Å². The molecule has 1 aliphatic heterocycles. The molecule has 0 bridgehead atoms. The fourth-order valence-corrected chi connectivity index (χ4v) is 3.20. The molecule has 1 fully saturated rings. The lowest BCUT2D eigenvalue weighted by molar-refractivity contribution is -0.147. The van der Waals surface area contributed by atoms with Crippen molar-refractivity contribution < 1.29 is 33.6 Å². The molecule has 1 aliphatic carbocycles. The van der Waals surface area contributed by atoms with Crippen LogP contribution < -0.4 is 14.2 Å². The van der Waals surface area contributed by atoms with Crippen molar-refractivity contribution in [3.63, 3.8) is 0 Å². The molecule has 1 heterocycles. The van der Waals surface area contributed by atoms with Gasteiger partial charge in [0, 0.05) is 24.0 Å². The predicted octanol–water partition coefficient (Wildman–Crippen LogP) is 3.04. The van der Waals surface area contributed by atoms with E-state index in [0.29, 0.717) is 41.2 Å². The van der Waals surface area contributed by atoms with E-state index in [1.807, 2.05) is 6.07 Å². The first-order valence-electron chi connectivity index (χ1n) is 8.47. The highest BCUT2D eigenvalue weighted by Crippen LogP contribution is 2.50. The van der Waals surface area contributed by atoms with Gasteiger partial charge in [0.2, 0.25) is 11.4 Å². The number of carbonyl (C=O) groups is 2. The van der Waals surface area contributed by atoms with Crippen LogP contribution in [0.4, 0.5) is 0 Å². The van der Waals surface area contributed by atoms with E-state index in [-0.39, 0.29) is 12.6 Å². The number of cyclic esters (lactones) is 1. The number of ether oxygens (including phenoxy) is 4. The van der Waals surface area contributed by atoms with Gasteiger partial charge >= 0.3 is 11.9 Å². The predicted molar refractivity (Wildman–Crippen MR) is 94.3 cm³/mol. The second-order valence-electron chi connectivity index (χ2n) is 6.53. The molecule has 1 saturated carbocycles. The first-order chi connectivity index (χ1) is 13.0. The Morgan fingerprint density at radius 3 is 2.44 bits per heavy atom. The number of hydrogen-bond acceptors (Lipinski definition) is 6. The molecule has 2 aliphatic rings. The number of aliphatic carboxylic acids is 1. The molecule has 7 heteroatoms. The third-order valence-corrected chi connectivity index (χ3v) is 4.89. The quantitative estimate of drug-likeness (QED) is 0.782. The van der Waals surface area contributed by atoms with E-state index in [0.717, 1.165) is 11.1 Å². The van der Waals surface area contributed by atoms with Crippen LogP contribution in [0.15, 0.2) is 30.3 Å². The number of methoxy groups -OCH3 is 2. The van der Waals surface area contributed by atoms with Gasteiger partial charge in [-0.2, -0.15) is 0 Å². The van der Waals surface area contributed by atoms with Crippen molar-refractivity contribution in [2.75, 3.05) is 14.2 Å². The molecule has 0 amide bonds. The van der Waals surface area contributed by atoms with Gasteiger partial charge in [0.25, 0.3) is 0 Å². The zero-order chi connectivity index (χ0) is 19.2. The molecule has 0 spiro atoms. The molecule has 0 aromatic heterocycles. The molecule has 0 saturated heterocycles. The number of carboxylic acids is 1. The van der Waals surface area contributed by atoms with E-state index in [4.69, 9.17) is 18.9 Å². The van der Waals surface area contributed by atoms with E-state index >= 15 is 0 Å². The van der Waals surface area contributed by atoms with E-state index < -0.39 is 11.6 Å². The molecule has 2 aromatic carbocycles. The largest absolute Gasteiger partial charge is 0.493 e. The van der Waals surface area contributed by atoms with Gasteiger partial charge < -0.3 is 24.1 Å². The number of hydrogen-bond donors (Lipinski definition) is 1. The van der Waals surface area contributed by atoms with Crippen molar-refractivity contribution in [2.45, 2.75) is 25.0 Å². The highest BCUT2D eigenvalue weighted by atomic mass is 16.6. The average Bonchev–Trinajstić information content (AvgIpc) is 3.37. The van der Waals surface area contributed by atoms with Crippen molar-refractivity contribution in [3.8, 4) is 28.4 Å². The maximum atomic E-state index is 11.7. The second-order valence-corrected chi connectivity index (χ2v) is 6.53. The smallest absolute Gasteiger partial charge is 0.348 e. The Kier molecular flexibility index (Phi) is 3.95. The van der Waals surface area contributed by atoms with Crippen LogP contribution in [0.1, 0.15) is 28.8 Å². The molecule has 0 radical (unpaired) electrons. The molecule has 7 nitrogen and oxygen atoms in total. The third kappa shape index (κ3) is 2.75. The maximum absolute atomic E-state index is 11.7. The Hall–Kier alpha value is -3.22. The van der Waals surface area contributed by atoms with Crippen molar-refractivity contribution in [2.24, 2.45) is 0 Å². The van der Waals surface area contributed by atoms with E-state index in [9.17, 15) is 14.7 Å². The van der Waals surface area contributed by atoms with Gasteiger partial charge in [-0.25, -0.2) is 9.59 Å². The Morgan fingerprint density at radius 1 is 1.07 bits per heavy atom. The van der Waals surface area contributed by atoms with Crippen LogP contribution in [0, 0.1) is 0 Å². The zero-order valence-electron chi connectivity index (χ0n) is 14.9. The highest BCUT2D eigenvalue weighted by Gasteiger charge is 2.54. The van der Waals surface area contributed by atoms with Gasteiger partial charge in [-0.1, -0.05) is 6.07 Å². The standard InChI is InChI=1S/C20H18O7/c1-24-15-6-5-13(11-3-4-14-12(9-11)10-26-18(14)21)16(17(15)25-2)27-20(7-8-20)19(22)23/h3-6,9H,7-8,10H2,1-2H3,(H,22,23). The minimum atomic E-state index is -1.25. The second kappa shape index (κ2) is 6.19. The molecule has 27 heavy (non-hydrogen) atoms. The summed E-state index contributed by atoms with van der Waals surface area (Å²) in [5.74, 6) is -0.274. The fraction of sp³-hybridized carbons (Fsp3) is 0.300. The van der Waals surface area contributed by atoms with Crippen LogP contribution in [-0.4, -0.2) is 36.9 Å². The fourth-order valence-electron chi connectivity index (χ4n) is 3.20. The summed E-state index contributed by atoms with van der Waals surface area (Å²) in [5.41, 5.74) is 1.49. The molecule has 2 aromatic rings. The van der Waals surface area contributed by atoms with Crippen molar-refractivity contribution in [1.29, 1.82) is 0 Å². The lowest BCUT2D eigenvalue weighted by Gasteiger charge is -2.21. The topological polar surface area (TPSA) is 91.3 Å². The number of carboxylic acid groups (broad SMARTS) is 1. The molecule has 0 atom stereocenters. The van der Waals surface area contributed by atoms with Crippen LogP contribution in [-0.2, 0) is 16.1 Å². The number of fused-ring (bicyclic) bond motifs is 1. The molecule has 4 rings (SSSR count). The summed E-state index contributed by atoms with van der Waals surface area (Å²) in [5, 5.41) is 9.52. The van der Waals surface area contributed by atoms with Gasteiger partial charge in [-0.05, 0) is 29.8 Å². The molecule has 140 valence electrons. The minimum Gasteiger partial charge on any atom is -0.493 e. The number of carbonyl (C=O) groups excluding carboxylic acids is 1. The lowest BCUT2D eigenvalue weighted by Crippen LogP contribution is -2.29. The highest BCUT2D eigenvalue weighted by molar-refractivity contribution is 5.94. The van der Waals surface area contributed by atoms with Gasteiger partial charge in [-0.3, -0.25) is 0 Å². The zero-order valence-corrected chi connectivity index (χ0v) is 14.9. The molecule has 1 N–H and O–H groups in total. The summed E-state index contributed by atoms with van der Waals surface area (Å²) in [6.45, 7) is 0.213. The average molecular weight is 370 g/mol. The minimum absolute atomic E-state index is 0.213. The first kappa shape index (κ1) is 17.2. The molecular weight excluding hydrogens is 352 g/mol. The van der Waals surface area contributed by atoms with Crippen molar-refractivity contribution in [3.05, 3.63) is 41.5 Å². The lowest BCUT2D eigenvalue weighted by atomic mass is 9.99. The monoisotopic (exact) mass is 370 g/mol. The van der Waals surface area contributed by atoms with Gasteiger partial charge in [-0.15, -0.1) is 0 Å². The van der Waals surface area contributed by atoms with Crippen LogP contribution in [0.3, 0.4) is 0 Å². The first-order valence-corrected chi connectivity index (χ1v) is 8.47. The molecular formula is C20H18O7. The number of esters is 1. The van der Waals surface area contributed by atoms with Crippen LogP contribution in [0.25, 0.3) is 11.1 Å². The van der Waals surface area contributed by atoms with E-state index in [1.165, 1.54) is 14.2 Å². The SMILES string of the molecule is COc1ccc(-c2ccc3c(c2)COC3=O)c(OC2(C(=O)O)CC2)c1OC. The summed E-state index contributed by atoms with van der Waals surface area (Å²) in [7, 11) is 2.98. The van der Waals surface area contributed by atoms with E-state index in [2.05, 4.69) is 0 Å².